The monoisotopic (exact) mass is 633 g/mol. The van der Waals surface area contributed by atoms with E-state index in [0.717, 1.165) is 0 Å². The minimum atomic E-state index is -3.02. The Morgan fingerprint density at radius 3 is 1.48 bits per heavy atom. The fourth-order valence-electron chi connectivity index (χ4n) is 4.10. The van der Waals surface area contributed by atoms with Gasteiger partial charge < -0.3 is 9.47 Å². The average molecular weight is 635 g/mol. The van der Waals surface area contributed by atoms with Crippen molar-refractivity contribution in [3.63, 3.8) is 0 Å². The lowest BCUT2D eigenvalue weighted by molar-refractivity contribution is 0.100. The van der Waals surface area contributed by atoms with Gasteiger partial charge >= 0.3 is 13.3 Å². The molecule has 0 spiro atoms. The topological polar surface area (TPSA) is 86.7 Å². The van der Waals surface area contributed by atoms with E-state index in [2.05, 4.69) is 0 Å². The first kappa shape index (κ1) is 29.7. The van der Waals surface area contributed by atoms with Crippen molar-refractivity contribution in [2.75, 3.05) is 14.2 Å². The number of benzene rings is 4. The van der Waals surface area contributed by atoms with Crippen molar-refractivity contribution in [3.8, 4) is 11.5 Å². The Hall–Kier alpha value is -3.25. The number of carbonyl (C=O) groups excluding carboxylic acids is 3. The summed E-state index contributed by atoms with van der Waals surface area (Å²) in [6, 6.07) is 17.6. The summed E-state index contributed by atoms with van der Waals surface area (Å²) in [5.41, 5.74) is -1.71. The van der Waals surface area contributed by atoms with Gasteiger partial charge in [-0.15, -0.1) is 0 Å². The fraction of sp³-hybridized carbons (Fsp3) is 0.0690. The summed E-state index contributed by atoms with van der Waals surface area (Å²) < 4.78 is 24.6. The van der Waals surface area contributed by atoms with E-state index in [1.807, 2.05) is 0 Å². The Morgan fingerprint density at radius 1 is 0.575 bits per heavy atom. The maximum absolute atomic E-state index is 14.1. The third kappa shape index (κ3) is 5.51. The summed E-state index contributed by atoms with van der Waals surface area (Å²) in [7, 11) is -0.326. The van der Waals surface area contributed by atoms with Gasteiger partial charge in [0, 0.05) is 5.56 Å². The molecule has 0 amide bonds. The maximum Gasteiger partial charge on any atom is 0.459 e. The summed E-state index contributed by atoms with van der Waals surface area (Å²) in [6.07, 6.45) is 0. The molecular weight excluding hydrogens is 617 g/mol. The molecule has 0 aliphatic heterocycles. The first-order chi connectivity index (χ1) is 19.1. The number of hydrogen-bond acceptors (Lipinski definition) is 6. The standard InChI is InChI=1S/C29H18Cl4O6P/c1-38-20-12-6-13-21(39-2)26(20)29(36)40(37)22-14-3-7-15(27(34)24-16(30)8-4-9-17(24)31)23(22)28(35)25-18(32)10-5-11-19(25)33/h3-14H,1-2H3/q+1. The van der Waals surface area contributed by atoms with Crippen LogP contribution in [0.25, 0.3) is 0 Å². The average Bonchev–Trinajstić information content (AvgIpc) is 2.95. The van der Waals surface area contributed by atoms with Crippen molar-refractivity contribution in [1.82, 2.24) is 0 Å². The van der Waals surface area contributed by atoms with Gasteiger partial charge in [0.2, 0.25) is 11.1 Å². The first-order valence-corrected chi connectivity index (χ1v) is 14.2. The molecule has 0 N–H and O–H groups in total. The number of ether oxygens (including phenoxy) is 2. The van der Waals surface area contributed by atoms with Crippen molar-refractivity contribution in [2.45, 2.75) is 0 Å². The third-order valence-corrected chi connectivity index (χ3v) is 8.60. The Bertz CT molecular complexity index is 1640. The molecule has 0 fully saturated rings. The van der Waals surface area contributed by atoms with Gasteiger partial charge in [0.15, 0.2) is 11.3 Å². The minimum Gasteiger partial charge on any atom is -0.496 e. The predicted molar refractivity (Wildman–Crippen MR) is 157 cm³/mol. The molecule has 1 unspecified atom stereocenters. The van der Waals surface area contributed by atoms with E-state index >= 15 is 0 Å². The molecule has 202 valence electrons. The molecule has 11 heteroatoms. The molecule has 0 aromatic heterocycles. The molecule has 6 nitrogen and oxygen atoms in total. The van der Waals surface area contributed by atoms with Crippen LogP contribution < -0.4 is 14.8 Å². The summed E-state index contributed by atoms with van der Waals surface area (Å²) in [5, 5.41) is -0.153. The van der Waals surface area contributed by atoms with E-state index in [1.165, 1.54) is 68.8 Å². The zero-order chi connectivity index (χ0) is 29.1. The van der Waals surface area contributed by atoms with E-state index in [0.29, 0.717) is 0 Å². The van der Waals surface area contributed by atoms with Crippen LogP contribution in [-0.4, -0.2) is 31.3 Å². The second-order valence-electron chi connectivity index (χ2n) is 8.19. The molecule has 0 aliphatic carbocycles. The Balaban J connectivity index is 2.00. The van der Waals surface area contributed by atoms with Crippen molar-refractivity contribution >= 4 is 76.6 Å². The number of carbonyl (C=O) groups is 3. The smallest absolute Gasteiger partial charge is 0.459 e. The third-order valence-electron chi connectivity index (χ3n) is 5.94. The summed E-state index contributed by atoms with van der Waals surface area (Å²) in [4.78, 5) is 41.6. The number of methoxy groups -OCH3 is 2. The van der Waals surface area contributed by atoms with Gasteiger partial charge in [0.1, 0.15) is 11.5 Å². The number of rotatable bonds is 9. The van der Waals surface area contributed by atoms with Crippen molar-refractivity contribution in [3.05, 3.63) is 121 Å². The van der Waals surface area contributed by atoms with Gasteiger partial charge in [-0.1, -0.05) is 75.2 Å². The molecule has 0 aliphatic rings. The lowest BCUT2D eigenvalue weighted by atomic mass is 9.93. The lowest BCUT2D eigenvalue weighted by Crippen LogP contribution is -2.22. The SMILES string of the molecule is COc1cccc(OC)c1C(=O)[P+](=O)c1cccc(C(=O)c2c(Cl)cccc2Cl)c1C(=O)c1c(Cl)cccc1Cl. The van der Waals surface area contributed by atoms with Crippen LogP contribution in [0.15, 0.2) is 72.8 Å². The maximum atomic E-state index is 14.1. The van der Waals surface area contributed by atoms with E-state index < -0.39 is 24.9 Å². The molecule has 40 heavy (non-hydrogen) atoms. The van der Waals surface area contributed by atoms with Crippen molar-refractivity contribution in [2.24, 2.45) is 0 Å². The van der Waals surface area contributed by atoms with Gasteiger partial charge in [-0.3, -0.25) is 9.59 Å². The predicted octanol–water partition coefficient (Wildman–Crippen LogP) is 8.07. The summed E-state index contributed by atoms with van der Waals surface area (Å²) in [6.45, 7) is 0. The van der Waals surface area contributed by atoms with Gasteiger partial charge in [0.25, 0.3) is 0 Å². The largest absolute Gasteiger partial charge is 0.496 e. The van der Waals surface area contributed by atoms with Crippen LogP contribution in [0.5, 0.6) is 11.5 Å². The van der Waals surface area contributed by atoms with Crippen LogP contribution in [0, 0.1) is 0 Å². The molecule has 4 aromatic carbocycles. The van der Waals surface area contributed by atoms with Crippen LogP contribution >= 0.6 is 54.2 Å². The number of hydrogen-bond donors (Lipinski definition) is 0. The van der Waals surface area contributed by atoms with E-state index in [9.17, 15) is 18.9 Å². The Kier molecular flexibility index (Phi) is 9.29. The summed E-state index contributed by atoms with van der Waals surface area (Å²) >= 11 is 25.3. The first-order valence-electron chi connectivity index (χ1n) is 11.4. The summed E-state index contributed by atoms with van der Waals surface area (Å²) in [5.74, 6) is -1.31. The van der Waals surface area contributed by atoms with E-state index in [1.54, 1.807) is 18.2 Å². The lowest BCUT2D eigenvalue weighted by Gasteiger charge is -2.13. The highest BCUT2D eigenvalue weighted by molar-refractivity contribution is 7.71. The minimum absolute atomic E-state index is 0.00516. The highest BCUT2D eigenvalue weighted by Crippen LogP contribution is 2.39. The van der Waals surface area contributed by atoms with E-state index in [4.69, 9.17) is 55.9 Å². The van der Waals surface area contributed by atoms with Gasteiger partial charge in [0.05, 0.1) is 51.0 Å². The van der Waals surface area contributed by atoms with Crippen molar-refractivity contribution < 1.29 is 28.4 Å². The molecular formula is C29H18Cl4O6P+. The molecule has 0 bridgehead atoms. The van der Waals surface area contributed by atoms with Crippen LogP contribution in [0.3, 0.4) is 0 Å². The normalized spacial score (nSPS) is 11.1. The number of ketones is 2. The van der Waals surface area contributed by atoms with E-state index in [-0.39, 0.29) is 64.7 Å². The molecule has 0 radical (unpaired) electrons. The zero-order valence-corrected chi connectivity index (χ0v) is 24.8. The molecule has 0 saturated carbocycles. The Labute approximate surface area is 250 Å². The molecule has 4 rings (SSSR count). The highest BCUT2D eigenvalue weighted by atomic mass is 35.5. The van der Waals surface area contributed by atoms with Gasteiger partial charge in [-0.25, -0.2) is 4.79 Å². The Morgan fingerprint density at radius 2 is 1.00 bits per heavy atom. The van der Waals surface area contributed by atoms with Crippen LogP contribution in [0.1, 0.15) is 42.2 Å². The molecule has 0 heterocycles. The fourth-order valence-corrected chi connectivity index (χ4v) is 6.53. The molecule has 1 atom stereocenters. The zero-order valence-electron chi connectivity index (χ0n) is 20.8. The van der Waals surface area contributed by atoms with Gasteiger partial charge in [-0.2, -0.15) is 0 Å². The quantitative estimate of drug-likeness (QED) is 0.137. The second kappa shape index (κ2) is 12.5. The van der Waals surface area contributed by atoms with Crippen LogP contribution in [0.2, 0.25) is 20.1 Å². The number of halogens is 4. The molecule has 0 saturated heterocycles. The highest BCUT2D eigenvalue weighted by Gasteiger charge is 2.42. The van der Waals surface area contributed by atoms with Crippen molar-refractivity contribution in [1.29, 1.82) is 0 Å². The van der Waals surface area contributed by atoms with Crippen LogP contribution in [-0.2, 0) is 4.57 Å². The second-order valence-corrected chi connectivity index (χ2v) is 11.3. The molecule has 4 aromatic rings. The van der Waals surface area contributed by atoms with Crippen LogP contribution in [0.4, 0.5) is 0 Å². The van der Waals surface area contributed by atoms with Gasteiger partial charge in [-0.05, 0) is 48.5 Å².